The Morgan fingerprint density at radius 3 is 2.41 bits per heavy atom. The first-order valence-electron chi connectivity index (χ1n) is 8.20. The summed E-state index contributed by atoms with van der Waals surface area (Å²) in [6.45, 7) is 3.72. The second-order valence-electron chi connectivity index (χ2n) is 6.39. The largest absolute Gasteiger partial charge is 0.337 e. The van der Waals surface area contributed by atoms with Crippen molar-refractivity contribution in [3.05, 3.63) is 64.2 Å². The van der Waals surface area contributed by atoms with Crippen molar-refractivity contribution in [2.24, 2.45) is 0 Å². The minimum atomic E-state index is -3.73. The summed E-state index contributed by atoms with van der Waals surface area (Å²) in [6.07, 6.45) is 0. The van der Waals surface area contributed by atoms with Crippen LogP contribution in [0.25, 0.3) is 0 Å². The van der Waals surface area contributed by atoms with E-state index in [-0.39, 0.29) is 21.5 Å². The summed E-state index contributed by atoms with van der Waals surface area (Å²) in [7, 11) is -2.13. The molecule has 0 aliphatic rings. The number of carbonyl (C=O) groups excluding carboxylic acids is 1. The molecule has 0 bridgehead atoms. The molecule has 0 unspecified atom stereocenters. The first kappa shape index (κ1) is 20.9. The number of benzene rings is 2. The maximum absolute atomic E-state index is 12.8. The fourth-order valence-electron chi connectivity index (χ4n) is 2.45. The first-order chi connectivity index (χ1) is 12.6. The van der Waals surface area contributed by atoms with Gasteiger partial charge < -0.3 is 4.90 Å². The first-order valence-corrected chi connectivity index (χ1v) is 10.1. The highest BCUT2D eigenvalue weighted by atomic mass is 35.5. The maximum Gasteiger partial charge on any atom is 0.255 e. The normalized spacial score (nSPS) is 11.3. The minimum Gasteiger partial charge on any atom is -0.337 e. The molecule has 2 rings (SSSR count). The number of hydrogen-bond donors (Lipinski definition) is 1. The summed E-state index contributed by atoms with van der Waals surface area (Å²) in [5.74, 6) is -0.397. The molecule has 27 heavy (non-hydrogen) atoms. The van der Waals surface area contributed by atoms with Crippen LogP contribution in [0, 0.1) is 11.3 Å². The van der Waals surface area contributed by atoms with E-state index in [1.165, 1.54) is 23.1 Å². The highest BCUT2D eigenvalue weighted by Crippen LogP contribution is 2.22. The van der Waals surface area contributed by atoms with E-state index in [1.807, 2.05) is 6.07 Å². The number of rotatable bonds is 6. The van der Waals surface area contributed by atoms with E-state index in [2.05, 4.69) is 4.72 Å². The van der Waals surface area contributed by atoms with E-state index in [4.69, 9.17) is 16.9 Å². The van der Waals surface area contributed by atoms with Crippen molar-refractivity contribution in [3.63, 3.8) is 0 Å². The molecule has 0 saturated carbocycles. The molecule has 6 nitrogen and oxygen atoms in total. The van der Waals surface area contributed by atoms with E-state index in [0.717, 1.165) is 5.56 Å². The summed E-state index contributed by atoms with van der Waals surface area (Å²) in [4.78, 5) is 14.2. The maximum atomic E-state index is 12.8. The molecule has 0 aliphatic heterocycles. The Morgan fingerprint density at radius 2 is 1.85 bits per heavy atom. The molecule has 0 radical (unpaired) electrons. The lowest BCUT2D eigenvalue weighted by Gasteiger charge is -2.19. The lowest BCUT2D eigenvalue weighted by atomic mass is 10.1. The Morgan fingerprint density at radius 1 is 1.22 bits per heavy atom. The van der Waals surface area contributed by atoms with Crippen molar-refractivity contribution < 1.29 is 13.2 Å². The van der Waals surface area contributed by atoms with Crippen molar-refractivity contribution in [1.82, 2.24) is 9.62 Å². The zero-order chi connectivity index (χ0) is 20.2. The van der Waals surface area contributed by atoms with Gasteiger partial charge >= 0.3 is 0 Å². The average Bonchev–Trinajstić information content (AvgIpc) is 2.61. The molecular formula is C19H20ClN3O3S. The quantitative estimate of drug-likeness (QED) is 0.799. The van der Waals surface area contributed by atoms with Gasteiger partial charge in [-0.2, -0.15) is 5.26 Å². The summed E-state index contributed by atoms with van der Waals surface area (Å²) in [5, 5.41) is 9.02. The highest BCUT2D eigenvalue weighted by molar-refractivity contribution is 7.89. The zero-order valence-corrected chi connectivity index (χ0v) is 16.8. The number of carbonyl (C=O) groups is 1. The number of halogens is 1. The van der Waals surface area contributed by atoms with Crippen molar-refractivity contribution >= 4 is 27.5 Å². The van der Waals surface area contributed by atoms with Crippen molar-refractivity contribution in [2.75, 3.05) is 7.05 Å². The lowest BCUT2D eigenvalue weighted by Crippen LogP contribution is -2.31. The highest BCUT2D eigenvalue weighted by Gasteiger charge is 2.21. The average molecular weight is 406 g/mol. The summed E-state index contributed by atoms with van der Waals surface area (Å²) < 4.78 is 27.2. The third kappa shape index (κ3) is 5.30. The molecule has 0 saturated heterocycles. The number of nitriles is 1. The fourth-order valence-corrected chi connectivity index (χ4v) is 3.93. The van der Waals surface area contributed by atoms with Gasteiger partial charge in [-0.05, 0) is 49.7 Å². The number of amides is 1. The van der Waals surface area contributed by atoms with E-state index < -0.39 is 15.9 Å². The molecule has 0 heterocycles. The Bertz CT molecular complexity index is 980. The van der Waals surface area contributed by atoms with Crippen LogP contribution < -0.4 is 4.72 Å². The third-order valence-electron chi connectivity index (χ3n) is 3.72. The SMILES string of the molecule is CC(C)NS(=O)(=O)c1ccc(Cl)c(C(=O)N(C)Cc2ccc(C#N)cc2)c1. The van der Waals surface area contributed by atoms with Gasteiger partial charge in [0.05, 0.1) is 27.1 Å². The fraction of sp³-hybridized carbons (Fsp3) is 0.263. The summed E-state index contributed by atoms with van der Waals surface area (Å²) in [6, 6.07) is 12.7. The smallest absolute Gasteiger partial charge is 0.255 e. The van der Waals surface area contributed by atoms with Crippen molar-refractivity contribution in [1.29, 1.82) is 5.26 Å². The summed E-state index contributed by atoms with van der Waals surface area (Å²) >= 11 is 6.13. The van der Waals surface area contributed by atoms with Gasteiger partial charge in [0.2, 0.25) is 10.0 Å². The van der Waals surface area contributed by atoms with Gasteiger partial charge in [-0.25, -0.2) is 13.1 Å². The Hall–Kier alpha value is -2.40. The molecule has 0 atom stereocenters. The monoisotopic (exact) mass is 405 g/mol. The predicted octanol–water partition coefficient (Wildman–Crippen LogP) is 3.17. The molecule has 1 amide bonds. The number of nitrogens with zero attached hydrogens (tertiary/aromatic N) is 2. The van der Waals surface area contributed by atoms with Crippen molar-refractivity contribution in [3.8, 4) is 6.07 Å². The van der Waals surface area contributed by atoms with Crippen LogP contribution in [0.5, 0.6) is 0 Å². The van der Waals surface area contributed by atoms with E-state index >= 15 is 0 Å². The van der Waals surface area contributed by atoms with Gasteiger partial charge in [0.15, 0.2) is 0 Å². The van der Waals surface area contributed by atoms with Gasteiger partial charge in [0, 0.05) is 19.6 Å². The van der Waals surface area contributed by atoms with E-state index in [9.17, 15) is 13.2 Å². The minimum absolute atomic E-state index is 0.0178. The van der Waals surface area contributed by atoms with Crippen LogP contribution >= 0.6 is 11.6 Å². The van der Waals surface area contributed by atoms with E-state index in [1.54, 1.807) is 45.2 Å². The molecule has 0 aromatic heterocycles. The van der Waals surface area contributed by atoms with Gasteiger partial charge in [0.25, 0.3) is 5.91 Å². The van der Waals surface area contributed by atoms with Crippen LogP contribution in [0.4, 0.5) is 0 Å². The van der Waals surface area contributed by atoms with E-state index in [0.29, 0.717) is 12.1 Å². The molecule has 2 aromatic rings. The Balaban J connectivity index is 2.26. The predicted molar refractivity (Wildman–Crippen MR) is 104 cm³/mol. The van der Waals surface area contributed by atoms with Crippen LogP contribution in [-0.2, 0) is 16.6 Å². The molecular weight excluding hydrogens is 386 g/mol. The molecule has 0 aliphatic carbocycles. The van der Waals surface area contributed by atoms with Crippen LogP contribution in [0.3, 0.4) is 0 Å². The standard InChI is InChI=1S/C19H20ClN3O3S/c1-13(2)22-27(25,26)16-8-9-18(20)17(10-16)19(24)23(3)12-15-6-4-14(11-21)5-7-15/h4-10,13,22H,12H2,1-3H3. The van der Waals surface area contributed by atoms with Gasteiger partial charge in [0.1, 0.15) is 0 Å². The zero-order valence-electron chi connectivity index (χ0n) is 15.2. The number of hydrogen-bond acceptors (Lipinski definition) is 4. The van der Waals surface area contributed by atoms with Crippen LogP contribution in [0.15, 0.2) is 47.4 Å². The second kappa shape index (κ2) is 8.53. The van der Waals surface area contributed by atoms with Crippen LogP contribution in [-0.4, -0.2) is 32.3 Å². The topological polar surface area (TPSA) is 90.3 Å². The molecule has 1 N–H and O–H groups in total. The van der Waals surface area contributed by atoms with Crippen LogP contribution in [0.2, 0.25) is 5.02 Å². The Labute approximate surface area is 164 Å². The lowest BCUT2D eigenvalue weighted by molar-refractivity contribution is 0.0785. The molecule has 2 aromatic carbocycles. The number of sulfonamides is 1. The van der Waals surface area contributed by atoms with Gasteiger partial charge in [-0.1, -0.05) is 23.7 Å². The van der Waals surface area contributed by atoms with Gasteiger partial charge in [-0.3, -0.25) is 4.79 Å². The Kier molecular flexibility index (Phi) is 6.60. The third-order valence-corrected chi connectivity index (χ3v) is 5.70. The molecule has 0 fully saturated rings. The van der Waals surface area contributed by atoms with Crippen molar-refractivity contribution in [2.45, 2.75) is 31.3 Å². The van der Waals surface area contributed by atoms with Crippen LogP contribution in [0.1, 0.15) is 35.3 Å². The molecule has 0 spiro atoms. The van der Waals surface area contributed by atoms with Gasteiger partial charge in [-0.15, -0.1) is 0 Å². The number of nitrogens with one attached hydrogen (secondary N) is 1. The molecule has 142 valence electrons. The summed E-state index contributed by atoms with van der Waals surface area (Å²) in [5.41, 5.74) is 1.48. The second-order valence-corrected chi connectivity index (χ2v) is 8.51. The molecule has 8 heteroatoms.